The number of amides is 2. The van der Waals surface area contributed by atoms with E-state index in [-0.39, 0.29) is 11.8 Å². The third-order valence-corrected chi connectivity index (χ3v) is 5.68. The van der Waals surface area contributed by atoms with E-state index in [1.807, 2.05) is 60.4 Å². The molecule has 1 saturated heterocycles. The summed E-state index contributed by atoms with van der Waals surface area (Å²) in [6.07, 6.45) is -4.74. The Hall–Kier alpha value is -2.92. The smallest absolute Gasteiger partial charge is 0.475 e. The third-order valence-electron chi connectivity index (χ3n) is 5.15. The molecule has 0 unspecified atom stereocenters. The van der Waals surface area contributed by atoms with Gasteiger partial charge >= 0.3 is 12.1 Å². The van der Waals surface area contributed by atoms with Crippen LogP contribution in [0.2, 0.25) is 0 Å². The van der Waals surface area contributed by atoms with Crippen LogP contribution in [-0.4, -0.2) is 71.6 Å². The molecule has 0 saturated carbocycles. The van der Waals surface area contributed by atoms with E-state index in [1.54, 1.807) is 4.90 Å². The lowest BCUT2D eigenvalue weighted by Gasteiger charge is -2.29. The number of nitrogens with one attached hydrogen (secondary N) is 1. The number of piperazine rings is 1. The van der Waals surface area contributed by atoms with E-state index in [9.17, 15) is 22.8 Å². The maximum absolute atomic E-state index is 13.1. The van der Waals surface area contributed by atoms with Gasteiger partial charge in [0.2, 0.25) is 5.91 Å². The summed E-state index contributed by atoms with van der Waals surface area (Å²) in [5.74, 6) is -2.69. The van der Waals surface area contributed by atoms with Gasteiger partial charge in [-0.05, 0) is 36.8 Å². The Morgan fingerprint density at radius 1 is 1.09 bits per heavy atom. The van der Waals surface area contributed by atoms with E-state index in [1.165, 1.54) is 0 Å². The highest BCUT2D eigenvalue weighted by Crippen LogP contribution is 2.16. The van der Waals surface area contributed by atoms with Gasteiger partial charge in [0.25, 0.3) is 5.91 Å². The van der Waals surface area contributed by atoms with E-state index < -0.39 is 12.1 Å². The maximum Gasteiger partial charge on any atom is 0.490 e. The lowest BCUT2D eigenvalue weighted by molar-refractivity contribution is -0.192. The molecule has 0 aliphatic carbocycles. The van der Waals surface area contributed by atoms with Crippen molar-refractivity contribution in [3.8, 4) is 0 Å². The number of aliphatic carboxylic acids is 1. The number of rotatable bonds is 6. The van der Waals surface area contributed by atoms with Gasteiger partial charge in [0, 0.05) is 55.7 Å². The number of hydrogen-bond acceptors (Lipinski definition) is 4. The van der Waals surface area contributed by atoms with E-state index in [4.69, 9.17) is 9.90 Å². The van der Waals surface area contributed by atoms with Crippen molar-refractivity contribution in [3.05, 3.63) is 69.7 Å². The number of benzene rings is 2. The van der Waals surface area contributed by atoms with Crippen LogP contribution >= 0.6 is 15.9 Å². The average Bonchev–Trinajstić information content (AvgIpc) is 2.82. The minimum atomic E-state index is -5.08. The van der Waals surface area contributed by atoms with Gasteiger partial charge in [-0.25, -0.2) is 4.79 Å². The molecule has 2 aromatic rings. The number of alkyl halides is 3. The van der Waals surface area contributed by atoms with Crippen LogP contribution in [0.1, 0.15) is 27.9 Å². The zero-order valence-corrected chi connectivity index (χ0v) is 20.7. The fourth-order valence-corrected chi connectivity index (χ4v) is 3.59. The molecule has 1 fully saturated rings. The molecule has 0 atom stereocenters. The molecule has 3 rings (SSSR count). The number of nitrogens with zero attached hydrogens (tertiary/aromatic N) is 2. The van der Waals surface area contributed by atoms with E-state index in [2.05, 4.69) is 21.2 Å². The first kappa shape index (κ1) is 28.3. The fraction of sp³-hybridized carbons (Fsp3) is 0.375. The van der Waals surface area contributed by atoms with E-state index in [0.29, 0.717) is 25.1 Å². The summed E-state index contributed by atoms with van der Waals surface area (Å²) in [5.41, 5.74) is 2.75. The summed E-state index contributed by atoms with van der Waals surface area (Å²) in [6, 6.07) is 15.5. The van der Waals surface area contributed by atoms with Crippen LogP contribution in [0.5, 0.6) is 0 Å². The standard InChI is InChI=1S/C22H26BrN3O2.C2HF3O2/c1-17-3-2-4-19(15-17)22(28)26(16-18-5-7-20(23)8-6-18)12-9-21(27)25-13-10-24-11-14-25;3-2(4,5)1(6)7/h2-8,15,24H,9-14,16H2,1H3;(H,6,7). The molecule has 0 bridgehead atoms. The quantitative estimate of drug-likeness (QED) is 0.563. The van der Waals surface area contributed by atoms with Gasteiger partial charge < -0.3 is 20.2 Å². The zero-order chi connectivity index (χ0) is 26.0. The first-order valence-corrected chi connectivity index (χ1v) is 11.7. The molecule has 11 heteroatoms. The van der Waals surface area contributed by atoms with Crippen molar-refractivity contribution in [3.63, 3.8) is 0 Å². The predicted octanol–water partition coefficient (Wildman–Crippen LogP) is 3.86. The Balaban J connectivity index is 0.000000540. The number of halogens is 4. The van der Waals surface area contributed by atoms with Crippen LogP contribution < -0.4 is 5.32 Å². The third kappa shape index (κ3) is 9.69. The van der Waals surface area contributed by atoms with Crippen LogP contribution in [0.4, 0.5) is 13.2 Å². The summed E-state index contributed by atoms with van der Waals surface area (Å²) >= 11 is 3.44. The van der Waals surface area contributed by atoms with Crippen molar-refractivity contribution in [2.24, 2.45) is 0 Å². The highest BCUT2D eigenvalue weighted by molar-refractivity contribution is 9.10. The molecule has 0 spiro atoms. The van der Waals surface area contributed by atoms with Gasteiger partial charge in [-0.3, -0.25) is 9.59 Å². The Bertz CT molecular complexity index is 1010. The molecular weight excluding hydrogens is 531 g/mol. The minimum Gasteiger partial charge on any atom is -0.475 e. The molecule has 1 heterocycles. The largest absolute Gasteiger partial charge is 0.490 e. The van der Waals surface area contributed by atoms with Crippen LogP contribution in [0.25, 0.3) is 0 Å². The maximum atomic E-state index is 13.1. The number of hydrogen-bond donors (Lipinski definition) is 2. The summed E-state index contributed by atoms with van der Waals surface area (Å²) in [7, 11) is 0. The van der Waals surface area contributed by atoms with Crippen molar-refractivity contribution in [2.75, 3.05) is 32.7 Å². The lowest BCUT2D eigenvalue weighted by Crippen LogP contribution is -2.47. The van der Waals surface area contributed by atoms with Gasteiger partial charge in [-0.15, -0.1) is 0 Å². The normalized spacial score (nSPS) is 13.5. The van der Waals surface area contributed by atoms with Gasteiger partial charge in [0.05, 0.1) is 0 Å². The molecule has 1 aliphatic heterocycles. The SMILES string of the molecule is Cc1cccc(C(=O)N(CCC(=O)N2CCNCC2)Cc2ccc(Br)cc2)c1.O=C(O)C(F)(F)F. The summed E-state index contributed by atoms with van der Waals surface area (Å²) in [6.45, 7) is 5.99. The van der Waals surface area contributed by atoms with Crippen molar-refractivity contribution < 1.29 is 32.7 Å². The number of carboxylic acid groups (broad SMARTS) is 1. The molecule has 0 radical (unpaired) electrons. The molecule has 2 aromatic carbocycles. The number of aryl methyl sites for hydroxylation is 1. The fourth-order valence-electron chi connectivity index (χ4n) is 3.33. The highest BCUT2D eigenvalue weighted by atomic mass is 79.9. The molecule has 1 aliphatic rings. The van der Waals surface area contributed by atoms with Crippen LogP contribution in [0.15, 0.2) is 53.0 Å². The Morgan fingerprint density at radius 3 is 2.23 bits per heavy atom. The molecule has 0 aromatic heterocycles. The monoisotopic (exact) mass is 557 g/mol. The zero-order valence-electron chi connectivity index (χ0n) is 19.1. The molecule has 190 valence electrons. The molecular formula is C24H27BrF3N3O4. The second kappa shape index (κ2) is 13.2. The topological polar surface area (TPSA) is 90.0 Å². The van der Waals surface area contributed by atoms with Crippen molar-refractivity contribution >= 4 is 33.7 Å². The Kier molecular flexibility index (Phi) is 10.7. The van der Waals surface area contributed by atoms with Crippen molar-refractivity contribution in [2.45, 2.75) is 26.1 Å². The number of carbonyl (C=O) groups excluding carboxylic acids is 2. The minimum absolute atomic E-state index is 0.0419. The molecule has 2 N–H and O–H groups in total. The lowest BCUT2D eigenvalue weighted by atomic mass is 10.1. The second-order valence-corrected chi connectivity index (χ2v) is 8.82. The van der Waals surface area contributed by atoms with Gasteiger partial charge in [-0.2, -0.15) is 13.2 Å². The average molecular weight is 558 g/mol. The number of carboxylic acids is 1. The highest BCUT2D eigenvalue weighted by Gasteiger charge is 2.38. The molecule has 35 heavy (non-hydrogen) atoms. The van der Waals surface area contributed by atoms with Crippen molar-refractivity contribution in [1.82, 2.24) is 15.1 Å². The van der Waals surface area contributed by atoms with Crippen LogP contribution in [0, 0.1) is 6.92 Å². The number of carbonyl (C=O) groups is 3. The van der Waals surface area contributed by atoms with Crippen LogP contribution in [0.3, 0.4) is 0 Å². The molecule has 2 amide bonds. The predicted molar refractivity (Wildman–Crippen MR) is 128 cm³/mol. The second-order valence-electron chi connectivity index (χ2n) is 7.91. The summed E-state index contributed by atoms with van der Waals surface area (Å²) < 4.78 is 32.7. The van der Waals surface area contributed by atoms with Gasteiger partial charge in [-0.1, -0.05) is 45.8 Å². The summed E-state index contributed by atoms with van der Waals surface area (Å²) in [4.78, 5) is 38.3. The Morgan fingerprint density at radius 2 is 1.69 bits per heavy atom. The van der Waals surface area contributed by atoms with Crippen molar-refractivity contribution in [1.29, 1.82) is 0 Å². The van der Waals surface area contributed by atoms with Crippen LogP contribution in [-0.2, 0) is 16.1 Å². The summed E-state index contributed by atoms with van der Waals surface area (Å²) in [5, 5.41) is 10.4. The Labute approximate surface area is 210 Å². The molecule has 7 nitrogen and oxygen atoms in total. The van der Waals surface area contributed by atoms with E-state index >= 15 is 0 Å². The van der Waals surface area contributed by atoms with Gasteiger partial charge in [0.15, 0.2) is 0 Å². The first-order valence-electron chi connectivity index (χ1n) is 10.9. The van der Waals surface area contributed by atoms with E-state index in [0.717, 1.165) is 41.8 Å². The van der Waals surface area contributed by atoms with Gasteiger partial charge in [0.1, 0.15) is 0 Å². The first-order chi connectivity index (χ1) is 16.5.